The Kier molecular flexibility index (Phi) is 4.41. The summed E-state index contributed by atoms with van der Waals surface area (Å²) in [6.45, 7) is 4.89. The second-order valence-electron chi connectivity index (χ2n) is 1.40. The van der Waals surface area contributed by atoms with Crippen LogP contribution in [0.25, 0.3) is 0 Å². The number of nitrogens with zero attached hydrogens (tertiary/aromatic N) is 1. The average Bonchev–Trinajstić information content (AvgIpc) is 1.61. The van der Waals surface area contributed by atoms with Crippen molar-refractivity contribution in [1.29, 1.82) is 0 Å². The lowest BCUT2D eigenvalue weighted by Crippen LogP contribution is -1.93. The monoisotopic (exact) mass is 163 g/mol. The van der Waals surface area contributed by atoms with Crippen LogP contribution in [0.15, 0.2) is 4.99 Å². The summed E-state index contributed by atoms with van der Waals surface area (Å²) in [7, 11) is 0. The maximum Gasteiger partial charge on any atom is 0.0507 e. The van der Waals surface area contributed by atoms with Crippen molar-refractivity contribution in [3.8, 4) is 0 Å². The summed E-state index contributed by atoms with van der Waals surface area (Å²) < 4.78 is 0. The van der Waals surface area contributed by atoms with Crippen molar-refractivity contribution in [3.05, 3.63) is 0 Å². The van der Waals surface area contributed by atoms with Gasteiger partial charge in [-0.2, -0.15) is 0 Å². The Morgan fingerprint density at radius 3 is 2.57 bits per heavy atom. The average molecular weight is 164 g/mol. The van der Waals surface area contributed by atoms with Crippen LogP contribution in [0.5, 0.6) is 0 Å². The van der Waals surface area contributed by atoms with E-state index in [-0.39, 0.29) is 0 Å². The predicted molar refractivity (Wildman–Crippen MR) is 37.4 cm³/mol. The maximum absolute atomic E-state index is 4.00. The Balaban J connectivity index is 2.97. The molecule has 2 heteroatoms. The van der Waals surface area contributed by atoms with Gasteiger partial charge in [0, 0.05) is 4.83 Å². The zero-order valence-electron chi connectivity index (χ0n) is 4.69. The van der Waals surface area contributed by atoms with Crippen molar-refractivity contribution in [1.82, 2.24) is 0 Å². The minimum absolute atomic E-state index is 0.517. The zero-order chi connectivity index (χ0) is 5.70. The second kappa shape index (κ2) is 4.31. The van der Waals surface area contributed by atoms with Gasteiger partial charge in [-0.25, -0.2) is 0 Å². The van der Waals surface area contributed by atoms with E-state index in [1.807, 2.05) is 13.1 Å². The molecule has 0 saturated carbocycles. The molecule has 0 aromatic carbocycles. The molecule has 0 heterocycles. The Labute approximate surface area is 53.0 Å². The van der Waals surface area contributed by atoms with Crippen molar-refractivity contribution < 1.29 is 0 Å². The molecule has 0 fully saturated rings. The molecule has 0 bridgehead atoms. The van der Waals surface area contributed by atoms with Crippen LogP contribution in [-0.2, 0) is 0 Å². The second-order valence-corrected chi connectivity index (χ2v) is 2.97. The molecule has 1 atom stereocenters. The molecular weight excluding hydrogens is 154 g/mol. The van der Waals surface area contributed by atoms with Gasteiger partial charge in [0.15, 0.2) is 0 Å². The molecule has 0 aromatic rings. The van der Waals surface area contributed by atoms with Crippen molar-refractivity contribution >= 4 is 22.1 Å². The lowest BCUT2D eigenvalue weighted by atomic mass is 10.5. The van der Waals surface area contributed by atoms with Crippen LogP contribution in [0.3, 0.4) is 0 Å². The summed E-state index contributed by atoms with van der Waals surface area (Å²) in [5, 5.41) is 0. The van der Waals surface area contributed by atoms with E-state index in [1.165, 1.54) is 0 Å². The van der Waals surface area contributed by atoms with Gasteiger partial charge in [0.05, 0.1) is 6.54 Å². The van der Waals surface area contributed by atoms with Gasteiger partial charge in [-0.3, -0.25) is 4.99 Å². The SMILES string of the molecule is CC=NC[C@@H](C)Br. The molecular formula is C5H10BrN. The van der Waals surface area contributed by atoms with Crippen LogP contribution in [0.1, 0.15) is 13.8 Å². The normalized spacial score (nSPS) is 15.3. The summed E-state index contributed by atoms with van der Waals surface area (Å²) in [4.78, 5) is 4.52. The van der Waals surface area contributed by atoms with E-state index in [4.69, 9.17) is 0 Å². The van der Waals surface area contributed by atoms with E-state index in [0.717, 1.165) is 6.54 Å². The van der Waals surface area contributed by atoms with Crippen LogP contribution < -0.4 is 0 Å². The largest absolute Gasteiger partial charge is 0.297 e. The number of rotatable bonds is 2. The lowest BCUT2D eigenvalue weighted by Gasteiger charge is -1.91. The molecule has 0 spiro atoms. The first kappa shape index (κ1) is 7.15. The van der Waals surface area contributed by atoms with Gasteiger partial charge in [0.25, 0.3) is 0 Å². The first-order valence-corrected chi connectivity index (χ1v) is 3.27. The third-order valence-corrected chi connectivity index (χ3v) is 0.829. The highest BCUT2D eigenvalue weighted by molar-refractivity contribution is 9.09. The third-order valence-electron chi connectivity index (χ3n) is 0.540. The summed E-state index contributed by atoms with van der Waals surface area (Å²) in [6, 6.07) is 0. The standard InChI is InChI=1S/C5H10BrN/c1-3-7-4-5(2)6/h3,5H,4H2,1-2H3/t5-/m1/s1. The van der Waals surface area contributed by atoms with Crippen LogP contribution in [-0.4, -0.2) is 17.6 Å². The molecule has 0 aromatic heterocycles. The Morgan fingerprint density at radius 2 is 2.43 bits per heavy atom. The third kappa shape index (κ3) is 6.15. The number of alkyl halides is 1. The van der Waals surface area contributed by atoms with Gasteiger partial charge in [0.2, 0.25) is 0 Å². The topological polar surface area (TPSA) is 12.4 Å². The Morgan fingerprint density at radius 1 is 1.86 bits per heavy atom. The van der Waals surface area contributed by atoms with Gasteiger partial charge < -0.3 is 0 Å². The Bertz CT molecular complexity index is 59.1. The van der Waals surface area contributed by atoms with Gasteiger partial charge >= 0.3 is 0 Å². The van der Waals surface area contributed by atoms with Crippen molar-refractivity contribution in [3.63, 3.8) is 0 Å². The number of aliphatic imine (C=N–C) groups is 1. The lowest BCUT2D eigenvalue weighted by molar-refractivity contribution is 0.972. The first-order valence-electron chi connectivity index (χ1n) is 2.36. The van der Waals surface area contributed by atoms with Gasteiger partial charge in [-0.05, 0) is 13.1 Å². The van der Waals surface area contributed by atoms with Crippen molar-refractivity contribution in [2.45, 2.75) is 18.7 Å². The molecule has 0 unspecified atom stereocenters. The zero-order valence-corrected chi connectivity index (χ0v) is 6.27. The predicted octanol–water partition coefficient (Wildman–Crippen LogP) is 1.86. The van der Waals surface area contributed by atoms with Crippen LogP contribution >= 0.6 is 15.9 Å². The number of hydrogen-bond acceptors (Lipinski definition) is 1. The van der Waals surface area contributed by atoms with Gasteiger partial charge in [-0.1, -0.05) is 22.9 Å². The molecule has 0 aliphatic rings. The van der Waals surface area contributed by atoms with Crippen LogP contribution in [0, 0.1) is 0 Å². The van der Waals surface area contributed by atoms with E-state index >= 15 is 0 Å². The Hall–Kier alpha value is 0.150. The number of hydrogen-bond donors (Lipinski definition) is 0. The van der Waals surface area contributed by atoms with Crippen molar-refractivity contribution in [2.75, 3.05) is 6.54 Å². The molecule has 7 heavy (non-hydrogen) atoms. The van der Waals surface area contributed by atoms with Crippen LogP contribution in [0.4, 0.5) is 0 Å². The quantitative estimate of drug-likeness (QED) is 0.436. The molecule has 0 aliphatic carbocycles. The first-order chi connectivity index (χ1) is 3.27. The summed E-state index contributed by atoms with van der Waals surface area (Å²) >= 11 is 3.36. The molecule has 0 N–H and O–H groups in total. The van der Waals surface area contributed by atoms with E-state index < -0.39 is 0 Å². The van der Waals surface area contributed by atoms with Crippen LogP contribution in [0.2, 0.25) is 0 Å². The fourth-order valence-electron chi connectivity index (χ4n) is 0.251. The van der Waals surface area contributed by atoms with Gasteiger partial charge in [-0.15, -0.1) is 0 Å². The number of halogens is 1. The maximum atomic E-state index is 4.00. The summed E-state index contributed by atoms with van der Waals surface area (Å²) in [5.74, 6) is 0. The molecule has 0 rings (SSSR count). The minimum Gasteiger partial charge on any atom is -0.297 e. The smallest absolute Gasteiger partial charge is 0.0507 e. The van der Waals surface area contributed by atoms with Gasteiger partial charge in [0.1, 0.15) is 0 Å². The fraction of sp³-hybridized carbons (Fsp3) is 0.800. The molecule has 0 aliphatic heterocycles. The molecule has 42 valence electrons. The van der Waals surface area contributed by atoms with Crippen molar-refractivity contribution in [2.24, 2.45) is 4.99 Å². The fourth-order valence-corrected chi connectivity index (χ4v) is 0.418. The molecule has 1 nitrogen and oxygen atoms in total. The molecule has 0 saturated heterocycles. The highest BCUT2D eigenvalue weighted by Crippen LogP contribution is 1.95. The van der Waals surface area contributed by atoms with E-state index in [1.54, 1.807) is 0 Å². The van der Waals surface area contributed by atoms with E-state index in [9.17, 15) is 0 Å². The molecule has 0 amide bonds. The minimum atomic E-state index is 0.517. The van der Waals surface area contributed by atoms with E-state index in [0.29, 0.717) is 4.83 Å². The van der Waals surface area contributed by atoms with E-state index in [2.05, 4.69) is 27.8 Å². The highest BCUT2D eigenvalue weighted by atomic mass is 79.9. The summed E-state index contributed by atoms with van der Waals surface area (Å²) in [5.41, 5.74) is 0. The molecule has 0 radical (unpaired) electrons. The summed E-state index contributed by atoms with van der Waals surface area (Å²) in [6.07, 6.45) is 1.82. The highest BCUT2D eigenvalue weighted by Gasteiger charge is 1.87.